The van der Waals surface area contributed by atoms with Gasteiger partial charge in [0.15, 0.2) is 0 Å². The SMILES string of the molecule is Cc1cc(Cl)ccc1N1C(=O)CC(C(=O)O)C1C. The predicted molar refractivity (Wildman–Crippen MR) is 68.9 cm³/mol. The summed E-state index contributed by atoms with van der Waals surface area (Å²) in [6.07, 6.45) is 0.0541. The molecule has 1 aliphatic rings. The van der Waals surface area contributed by atoms with E-state index in [4.69, 9.17) is 16.7 Å². The summed E-state index contributed by atoms with van der Waals surface area (Å²) in [5, 5.41) is 9.68. The fraction of sp³-hybridized carbons (Fsp3) is 0.385. The molecule has 0 radical (unpaired) electrons. The summed E-state index contributed by atoms with van der Waals surface area (Å²) in [4.78, 5) is 24.6. The van der Waals surface area contributed by atoms with Gasteiger partial charge in [-0.3, -0.25) is 9.59 Å². The molecule has 0 saturated carbocycles. The molecular formula is C13H14ClNO3. The maximum atomic E-state index is 12.0. The Morgan fingerprint density at radius 2 is 2.17 bits per heavy atom. The second kappa shape index (κ2) is 4.61. The van der Waals surface area contributed by atoms with Gasteiger partial charge in [0.1, 0.15) is 0 Å². The van der Waals surface area contributed by atoms with Crippen molar-refractivity contribution in [1.82, 2.24) is 0 Å². The number of nitrogens with zero attached hydrogens (tertiary/aromatic N) is 1. The van der Waals surface area contributed by atoms with Crippen molar-refractivity contribution in [3.05, 3.63) is 28.8 Å². The third-order valence-electron chi connectivity index (χ3n) is 3.39. The van der Waals surface area contributed by atoms with Gasteiger partial charge < -0.3 is 10.0 Å². The van der Waals surface area contributed by atoms with Crippen LogP contribution in [0.1, 0.15) is 18.9 Å². The van der Waals surface area contributed by atoms with Crippen LogP contribution in [0.2, 0.25) is 5.02 Å². The molecule has 1 aromatic carbocycles. The Morgan fingerprint density at radius 3 is 2.67 bits per heavy atom. The lowest BCUT2D eigenvalue weighted by Crippen LogP contribution is -2.35. The quantitative estimate of drug-likeness (QED) is 0.896. The number of amides is 1. The van der Waals surface area contributed by atoms with Crippen LogP contribution in [0, 0.1) is 12.8 Å². The predicted octanol–water partition coefficient (Wildman–Crippen LogP) is 2.47. The van der Waals surface area contributed by atoms with Gasteiger partial charge in [-0.2, -0.15) is 0 Å². The molecule has 1 N–H and O–H groups in total. The number of halogens is 1. The molecule has 1 aliphatic heterocycles. The zero-order valence-corrected chi connectivity index (χ0v) is 10.9. The molecule has 2 atom stereocenters. The third-order valence-corrected chi connectivity index (χ3v) is 3.62. The number of anilines is 1. The molecule has 0 bridgehead atoms. The standard InChI is InChI=1S/C13H14ClNO3/c1-7-5-9(14)3-4-11(7)15-8(2)10(13(17)18)6-12(15)16/h3-5,8,10H,6H2,1-2H3,(H,17,18). The van der Waals surface area contributed by atoms with Crippen molar-refractivity contribution in [1.29, 1.82) is 0 Å². The number of carbonyl (C=O) groups is 2. The number of rotatable bonds is 2. The minimum atomic E-state index is -0.926. The Kier molecular flexibility index (Phi) is 3.30. The Morgan fingerprint density at radius 1 is 1.50 bits per heavy atom. The molecule has 96 valence electrons. The van der Waals surface area contributed by atoms with Crippen molar-refractivity contribution >= 4 is 29.2 Å². The first-order valence-electron chi connectivity index (χ1n) is 5.73. The Labute approximate surface area is 110 Å². The van der Waals surface area contributed by atoms with Gasteiger partial charge in [0.2, 0.25) is 5.91 Å². The molecule has 0 spiro atoms. The molecule has 1 saturated heterocycles. The molecular weight excluding hydrogens is 254 g/mol. The van der Waals surface area contributed by atoms with E-state index in [9.17, 15) is 9.59 Å². The molecule has 2 rings (SSSR count). The van der Waals surface area contributed by atoms with E-state index >= 15 is 0 Å². The molecule has 18 heavy (non-hydrogen) atoms. The third kappa shape index (κ3) is 2.08. The highest BCUT2D eigenvalue weighted by Gasteiger charge is 2.42. The van der Waals surface area contributed by atoms with Crippen molar-refractivity contribution in [2.45, 2.75) is 26.3 Å². The van der Waals surface area contributed by atoms with Crippen LogP contribution in [0.3, 0.4) is 0 Å². The topological polar surface area (TPSA) is 57.6 Å². The lowest BCUT2D eigenvalue weighted by atomic mass is 10.0. The van der Waals surface area contributed by atoms with E-state index in [0.717, 1.165) is 11.3 Å². The van der Waals surface area contributed by atoms with Crippen LogP contribution in [0.25, 0.3) is 0 Å². The van der Waals surface area contributed by atoms with Gasteiger partial charge in [-0.15, -0.1) is 0 Å². The molecule has 1 fully saturated rings. The highest BCUT2D eigenvalue weighted by molar-refractivity contribution is 6.30. The summed E-state index contributed by atoms with van der Waals surface area (Å²) in [6, 6.07) is 4.90. The number of carboxylic acids is 1. The summed E-state index contributed by atoms with van der Waals surface area (Å²) in [5.41, 5.74) is 1.61. The molecule has 4 nitrogen and oxygen atoms in total. The summed E-state index contributed by atoms with van der Waals surface area (Å²) in [7, 11) is 0. The van der Waals surface area contributed by atoms with Crippen LogP contribution in [0.4, 0.5) is 5.69 Å². The number of hydrogen-bond acceptors (Lipinski definition) is 2. The minimum Gasteiger partial charge on any atom is -0.481 e. The van der Waals surface area contributed by atoms with E-state index in [-0.39, 0.29) is 18.4 Å². The van der Waals surface area contributed by atoms with Crippen LogP contribution in [-0.4, -0.2) is 23.0 Å². The van der Waals surface area contributed by atoms with Gasteiger partial charge in [0, 0.05) is 23.2 Å². The molecule has 1 aromatic rings. The van der Waals surface area contributed by atoms with E-state index in [0.29, 0.717) is 5.02 Å². The Balaban J connectivity index is 2.39. The van der Waals surface area contributed by atoms with E-state index in [1.165, 1.54) is 0 Å². The summed E-state index contributed by atoms with van der Waals surface area (Å²) in [5.74, 6) is -1.72. The highest BCUT2D eigenvalue weighted by Crippen LogP contribution is 2.33. The minimum absolute atomic E-state index is 0.0541. The van der Waals surface area contributed by atoms with Gasteiger partial charge in [-0.25, -0.2) is 0 Å². The fourth-order valence-electron chi connectivity index (χ4n) is 2.40. The highest BCUT2D eigenvalue weighted by atomic mass is 35.5. The molecule has 0 aromatic heterocycles. The van der Waals surface area contributed by atoms with Crippen molar-refractivity contribution < 1.29 is 14.7 Å². The van der Waals surface area contributed by atoms with E-state index in [1.54, 1.807) is 30.0 Å². The van der Waals surface area contributed by atoms with Crippen LogP contribution in [0.15, 0.2) is 18.2 Å². The van der Waals surface area contributed by atoms with Crippen LogP contribution in [0.5, 0.6) is 0 Å². The van der Waals surface area contributed by atoms with Gasteiger partial charge in [-0.05, 0) is 37.6 Å². The largest absolute Gasteiger partial charge is 0.481 e. The van der Waals surface area contributed by atoms with Crippen molar-refractivity contribution in [3.8, 4) is 0 Å². The van der Waals surface area contributed by atoms with E-state index < -0.39 is 11.9 Å². The first-order valence-corrected chi connectivity index (χ1v) is 6.10. The lowest BCUT2D eigenvalue weighted by molar-refractivity contribution is -0.142. The average Bonchev–Trinajstić information content (AvgIpc) is 2.56. The number of hydrogen-bond donors (Lipinski definition) is 1. The smallest absolute Gasteiger partial charge is 0.309 e. The van der Waals surface area contributed by atoms with E-state index in [2.05, 4.69) is 0 Å². The van der Waals surface area contributed by atoms with E-state index in [1.807, 2.05) is 6.92 Å². The number of aryl methyl sites for hydroxylation is 1. The maximum absolute atomic E-state index is 12.0. The van der Waals surface area contributed by atoms with Crippen molar-refractivity contribution in [2.24, 2.45) is 5.92 Å². The fourth-order valence-corrected chi connectivity index (χ4v) is 2.63. The summed E-state index contributed by atoms with van der Waals surface area (Å²) in [6.45, 7) is 3.62. The number of carboxylic acid groups (broad SMARTS) is 1. The lowest BCUT2D eigenvalue weighted by Gasteiger charge is -2.25. The Hall–Kier alpha value is -1.55. The molecule has 1 amide bonds. The average molecular weight is 268 g/mol. The van der Waals surface area contributed by atoms with Crippen molar-refractivity contribution in [2.75, 3.05) is 4.90 Å². The molecule has 0 aliphatic carbocycles. The van der Waals surface area contributed by atoms with Gasteiger partial charge in [0.05, 0.1) is 5.92 Å². The first-order chi connectivity index (χ1) is 8.41. The van der Waals surface area contributed by atoms with Gasteiger partial charge in [0.25, 0.3) is 0 Å². The molecule has 1 heterocycles. The first kappa shape index (κ1) is 12.9. The maximum Gasteiger partial charge on any atom is 0.309 e. The Bertz CT molecular complexity index is 515. The van der Waals surface area contributed by atoms with Crippen molar-refractivity contribution in [3.63, 3.8) is 0 Å². The molecule has 5 heteroatoms. The van der Waals surface area contributed by atoms with Crippen LogP contribution in [-0.2, 0) is 9.59 Å². The number of benzene rings is 1. The van der Waals surface area contributed by atoms with Gasteiger partial charge in [-0.1, -0.05) is 11.6 Å². The van der Waals surface area contributed by atoms with Crippen LogP contribution < -0.4 is 4.90 Å². The molecule has 2 unspecified atom stereocenters. The zero-order chi connectivity index (χ0) is 13.4. The number of carbonyl (C=O) groups excluding carboxylic acids is 1. The normalized spacial score (nSPS) is 23.5. The van der Waals surface area contributed by atoms with Gasteiger partial charge >= 0.3 is 5.97 Å². The summed E-state index contributed by atoms with van der Waals surface area (Å²) < 4.78 is 0. The second-order valence-electron chi connectivity index (χ2n) is 4.58. The van der Waals surface area contributed by atoms with Crippen LogP contribution >= 0.6 is 11.6 Å². The zero-order valence-electron chi connectivity index (χ0n) is 10.2. The summed E-state index contributed by atoms with van der Waals surface area (Å²) >= 11 is 5.88. The monoisotopic (exact) mass is 267 g/mol. The number of aliphatic carboxylic acids is 1. The second-order valence-corrected chi connectivity index (χ2v) is 5.02.